The first-order chi connectivity index (χ1) is 7.20. The van der Waals surface area contributed by atoms with E-state index in [0.29, 0.717) is 26.1 Å². The van der Waals surface area contributed by atoms with Gasteiger partial charge >= 0.3 is 0 Å². The summed E-state index contributed by atoms with van der Waals surface area (Å²) >= 11 is 0. The minimum absolute atomic E-state index is 0.0488. The molecule has 0 spiro atoms. The molecule has 0 aliphatic carbocycles. The van der Waals surface area contributed by atoms with E-state index in [1.54, 1.807) is 4.90 Å². The van der Waals surface area contributed by atoms with Crippen LogP contribution >= 0.6 is 0 Å². The second kappa shape index (κ2) is 5.70. The Hall–Kier alpha value is -1.10. The van der Waals surface area contributed by atoms with Gasteiger partial charge < -0.3 is 15.5 Å². The normalized spacial score (nSPS) is 21.2. The molecular formula is C10H19N3O2. The van der Waals surface area contributed by atoms with Crippen LogP contribution in [0.5, 0.6) is 0 Å². The zero-order valence-corrected chi connectivity index (χ0v) is 9.38. The van der Waals surface area contributed by atoms with Gasteiger partial charge in [0.25, 0.3) is 0 Å². The molecule has 1 aliphatic heterocycles. The molecule has 5 heteroatoms. The van der Waals surface area contributed by atoms with Crippen molar-refractivity contribution < 1.29 is 9.59 Å². The fourth-order valence-electron chi connectivity index (χ4n) is 1.73. The maximum atomic E-state index is 11.7. The summed E-state index contributed by atoms with van der Waals surface area (Å²) in [5, 5.41) is 5.88. The van der Waals surface area contributed by atoms with Gasteiger partial charge in [-0.25, -0.2) is 0 Å². The van der Waals surface area contributed by atoms with Crippen LogP contribution in [-0.4, -0.2) is 48.9 Å². The third-order valence-electron chi connectivity index (χ3n) is 2.52. The molecule has 1 aliphatic rings. The Balaban J connectivity index is 2.65. The monoisotopic (exact) mass is 213 g/mol. The van der Waals surface area contributed by atoms with Crippen molar-refractivity contribution in [2.45, 2.75) is 26.3 Å². The van der Waals surface area contributed by atoms with Crippen LogP contribution in [-0.2, 0) is 9.59 Å². The molecule has 1 saturated heterocycles. The van der Waals surface area contributed by atoms with Crippen molar-refractivity contribution in [2.75, 3.05) is 26.2 Å². The van der Waals surface area contributed by atoms with E-state index in [4.69, 9.17) is 0 Å². The highest BCUT2D eigenvalue weighted by Crippen LogP contribution is 2.05. The van der Waals surface area contributed by atoms with E-state index in [1.807, 2.05) is 13.8 Å². The lowest BCUT2D eigenvalue weighted by Crippen LogP contribution is -2.59. The second-order valence-electron chi connectivity index (χ2n) is 3.56. The predicted molar refractivity (Wildman–Crippen MR) is 57.3 cm³/mol. The largest absolute Gasteiger partial charge is 0.355 e. The van der Waals surface area contributed by atoms with Gasteiger partial charge in [-0.15, -0.1) is 0 Å². The number of amides is 2. The van der Waals surface area contributed by atoms with Gasteiger partial charge in [-0.2, -0.15) is 0 Å². The van der Waals surface area contributed by atoms with E-state index in [0.717, 1.165) is 6.54 Å². The number of nitrogens with one attached hydrogen (secondary N) is 2. The molecule has 2 N–H and O–H groups in total. The Morgan fingerprint density at radius 1 is 1.47 bits per heavy atom. The van der Waals surface area contributed by atoms with Crippen LogP contribution in [0.3, 0.4) is 0 Å². The summed E-state index contributed by atoms with van der Waals surface area (Å²) in [6, 6.07) is -0.342. The maximum absolute atomic E-state index is 11.7. The zero-order chi connectivity index (χ0) is 11.3. The molecule has 0 aromatic heterocycles. The minimum Gasteiger partial charge on any atom is -0.355 e. The lowest BCUT2D eigenvalue weighted by molar-refractivity contribution is -0.141. The van der Waals surface area contributed by atoms with Crippen LogP contribution in [0.25, 0.3) is 0 Å². The lowest BCUT2D eigenvalue weighted by atomic mass is 10.1. The Bertz CT molecular complexity index is 243. The van der Waals surface area contributed by atoms with Gasteiger partial charge in [0.05, 0.1) is 0 Å². The molecule has 0 bridgehead atoms. The van der Waals surface area contributed by atoms with Gasteiger partial charge in [-0.3, -0.25) is 9.59 Å². The SMILES string of the molecule is CCNC(=O)C1CNCCN1C(=O)CC. The molecule has 1 heterocycles. The summed E-state index contributed by atoms with van der Waals surface area (Å²) < 4.78 is 0. The molecule has 15 heavy (non-hydrogen) atoms. The first-order valence-corrected chi connectivity index (χ1v) is 5.48. The number of piperazine rings is 1. The summed E-state index contributed by atoms with van der Waals surface area (Å²) in [6.45, 7) is 6.23. The number of nitrogens with zero attached hydrogens (tertiary/aromatic N) is 1. The lowest BCUT2D eigenvalue weighted by Gasteiger charge is -2.35. The van der Waals surface area contributed by atoms with Crippen LogP contribution < -0.4 is 10.6 Å². The first-order valence-electron chi connectivity index (χ1n) is 5.48. The Morgan fingerprint density at radius 3 is 2.80 bits per heavy atom. The summed E-state index contributed by atoms with van der Waals surface area (Å²) in [5.74, 6) is -0.0146. The molecule has 0 aromatic rings. The van der Waals surface area contributed by atoms with Crippen LogP contribution in [0.2, 0.25) is 0 Å². The van der Waals surface area contributed by atoms with Gasteiger partial charge in [0, 0.05) is 32.6 Å². The van der Waals surface area contributed by atoms with E-state index >= 15 is 0 Å². The van der Waals surface area contributed by atoms with Gasteiger partial charge in [0.2, 0.25) is 11.8 Å². The molecule has 0 saturated carbocycles. The van der Waals surface area contributed by atoms with E-state index < -0.39 is 0 Å². The first kappa shape index (κ1) is 12.0. The van der Waals surface area contributed by atoms with Crippen molar-refractivity contribution in [2.24, 2.45) is 0 Å². The number of hydrogen-bond acceptors (Lipinski definition) is 3. The molecular weight excluding hydrogens is 194 g/mol. The molecule has 86 valence electrons. The van der Waals surface area contributed by atoms with E-state index in [9.17, 15) is 9.59 Å². The van der Waals surface area contributed by atoms with Crippen LogP contribution in [0.4, 0.5) is 0 Å². The molecule has 1 fully saturated rings. The minimum atomic E-state index is -0.342. The van der Waals surface area contributed by atoms with Gasteiger partial charge in [-0.05, 0) is 6.92 Å². The third-order valence-corrected chi connectivity index (χ3v) is 2.52. The van der Waals surface area contributed by atoms with E-state index in [-0.39, 0.29) is 17.9 Å². The van der Waals surface area contributed by atoms with Gasteiger partial charge in [0.15, 0.2) is 0 Å². The Kier molecular flexibility index (Phi) is 4.55. The molecule has 0 aromatic carbocycles. The number of hydrogen-bond donors (Lipinski definition) is 2. The van der Waals surface area contributed by atoms with Crippen LogP contribution in [0.1, 0.15) is 20.3 Å². The highest BCUT2D eigenvalue weighted by Gasteiger charge is 2.30. The molecule has 1 rings (SSSR count). The molecule has 0 radical (unpaired) electrons. The second-order valence-corrected chi connectivity index (χ2v) is 3.56. The maximum Gasteiger partial charge on any atom is 0.244 e. The molecule has 2 amide bonds. The van der Waals surface area contributed by atoms with Crippen LogP contribution in [0, 0.1) is 0 Å². The fraction of sp³-hybridized carbons (Fsp3) is 0.800. The van der Waals surface area contributed by atoms with Crippen molar-refractivity contribution in [3.05, 3.63) is 0 Å². The summed E-state index contributed by atoms with van der Waals surface area (Å²) in [5.41, 5.74) is 0. The van der Waals surface area contributed by atoms with Gasteiger partial charge in [-0.1, -0.05) is 6.92 Å². The third kappa shape index (κ3) is 2.92. The highest BCUT2D eigenvalue weighted by molar-refractivity contribution is 5.88. The Labute approximate surface area is 90.2 Å². The molecule has 1 unspecified atom stereocenters. The topological polar surface area (TPSA) is 61.4 Å². The van der Waals surface area contributed by atoms with Crippen molar-refractivity contribution >= 4 is 11.8 Å². The van der Waals surface area contributed by atoms with E-state index in [1.165, 1.54) is 0 Å². The number of rotatable bonds is 3. The van der Waals surface area contributed by atoms with Crippen molar-refractivity contribution in [3.63, 3.8) is 0 Å². The quantitative estimate of drug-likeness (QED) is 0.654. The average Bonchev–Trinajstić information content (AvgIpc) is 2.28. The number of carbonyl (C=O) groups excluding carboxylic acids is 2. The van der Waals surface area contributed by atoms with E-state index in [2.05, 4.69) is 10.6 Å². The fourth-order valence-corrected chi connectivity index (χ4v) is 1.73. The summed E-state index contributed by atoms with van der Waals surface area (Å²) in [7, 11) is 0. The highest BCUT2D eigenvalue weighted by atomic mass is 16.2. The standard InChI is InChI=1S/C10H19N3O2/c1-3-9(14)13-6-5-11-7-8(13)10(15)12-4-2/h8,11H,3-7H2,1-2H3,(H,12,15). The molecule has 1 atom stereocenters. The predicted octanol–water partition coefficient (Wildman–Crippen LogP) is -0.667. The molecule has 5 nitrogen and oxygen atoms in total. The van der Waals surface area contributed by atoms with Crippen molar-refractivity contribution in [3.8, 4) is 0 Å². The summed E-state index contributed by atoms with van der Waals surface area (Å²) in [6.07, 6.45) is 0.454. The number of likely N-dealkylation sites (N-methyl/N-ethyl adjacent to an activating group) is 1. The smallest absolute Gasteiger partial charge is 0.244 e. The summed E-state index contributed by atoms with van der Waals surface area (Å²) in [4.78, 5) is 25.0. The Morgan fingerprint density at radius 2 is 2.20 bits per heavy atom. The zero-order valence-electron chi connectivity index (χ0n) is 9.38. The average molecular weight is 213 g/mol. The van der Waals surface area contributed by atoms with Gasteiger partial charge in [0.1, 0.15) is 6.04 Å². The van der Waals surface area contributed by atoms with Crippen LogP contribution in [0.15, 0.2) is 0 Å². The number of carbonyl (C=O) groups is 2. The van der Waals surface area contributed by atoms with Crippen molar-refractivity contribution in [1.82, 2.24) is 15.5 Å². The van der Waals surface area contributed by atoms with Crippen molar-refractivity contribution in [1.29, 1.82) is 0 Å².